The van der Waals surface area contributed by atoms with Crippen LogP contribution in [-0.2, 0) is 13.0 Å². The van der Waals surface area contributed by atoms with Crippen molar-refractivity contribution in [1.82, 2.24) is 0 Å². The first-order chi connectivity index (χ1) is 9.65. The molecule has 104 valence electrons. The van der Waals surface area contributed by atoms with Gasteiger partial charge in [-0.3, -0.25) is 0 Å². The quantitative estimate of drug-likeness (QED) is 0.912. The predicted octanol–water partition coefficient (Wildman–Crippen LogP) is 3.88. The van der Waals surface area contributed by atoms with E-state index in [1.54, 1.807) is 0 Å². The van der Waals surface area contributed by atoms with Gasteiger partial charge in [0.25, 0.3) is 0 Å². The molecule has 0 bridgehead atoms. The van der Waals surface area contributed by atoms with Gasteiger partial charge in [0.15, 0.2) is 0 Å². The topological polar surface area (TPSA) is 29.3 Å². The van der Waals surface area contributed by atoms with Gasteiger partial charge in [-0.2, -0.15) is 0 Å². The second kappa shape index (κ2) is 5.65. The highest BCUT2D eigenvalue weighted by Crippen LogP contribution is 2.31. The maximum atomic E-state index is 6.29. The van der Waals surface area contributed by atoms with Crippen LogP contribution in [0.4, 0.5) is 5.69 Å². The summed E-state index contributed by atoms with van der Waals surface area (Å²) in [6.07, 6.45) is 0.927. The van der Waals surface area contributed by atoms with Gasteiger partial charge in [-0.15, -0.1) is 0 Å². The third kappa shape index (κ3) is 2.64. The second-order valence-corrected chi connectivity index (χ2v) is 5.97. The minimum Gasteiger partial charge on any atom is -0.365 e. The number of hydrogen-bond acceptors (Lipinski definition) is 2. The number of hydrogen-bond donors (Lipinski definition) is 1. The zero-order chi connectivity index (χ0) is 14.1. The van der Waals surface area contributed by atoms with Crippen LogP contribution in [0.25, 0.3) is 0 Å². The first kappa shape index (κ1) is 13.7. The Morgan fingerprint density at radius 2 is 1.90 bits per heavy atom. The largest absolute Gasteiger partial charge is 0.365 e. The SMILES string of the molecule is NC1Cc2ccccc2N(Cc2cccc(Cl)c2Cl)C1. The number of para-hydroxylation sites is 1. The van der Waals surface area contributed by atoms with Crippen molar-refractivity contribution >= 4 is 28.9 Å². The van der Waals surface area contributed by atoms with Crippen LogP contribution in [0.5, 0.6) is 0 Å². The molecule has 4 heteroatoms. The Morgan fingerprint density at radius 3 is 2.75 bits per heavy atom. The molecule has 0 saturated carbocycles. The molecule has 2 aromatic carbocycles. The smallest absolute Gasteiger partial charge is 0.0642 e. The zero-order valence-corrected chi connectivity index (χ0v) is 12.5. The minimum atomic E-state index is 0.155. The predicted molar refractivity (Wildman–Crippen MR) is 85.6 cm³/mol. The fraction of sp³-hybridized carbons (Fsp3) is 0.250. The summed E-state index contributed by atoms with van der Waals surface area (Å²) >= 11 is 12.4. The second-order valence-electron chi connectivity index (χ2n) is 5.19. The average molecular weight is 307 g/mol. The lowest BCUT2D eigenvalue weighted by Crippen LogP contribution is -2.42. The van der Waals surface area contributed by atoms with Gasteiger partial charge in [-0.25, -0.2) is 0 Å². The molecule has 0 aliphatic carbocycles. The summed E-state index contributed by atoms with van der Waals surface area (Å²) in [5.74, 6) is 0. The summed E-state index contributed by atoms with van der Waals surface area (Å²) in [7, 11) is 0. The van der Waals surface area contributed by atoms with E-state index >= 15 is 0 Å². The van der Waals surface area contributed by atoms with Crippen molar-refractivity contribution in [2.75, 3.05) is 11.4 Å². The van der Waals surface area contributed by atoms with Gasteiger partial charge >= 0.3 is 0 Å². The van der Waals surface area contributed by atoms with Crippen molar-refractivity contribution < 1.29 is 0 Å². The van der Waals surface area contributed by atoms with E-state index in [2.05, 4.69) is 29.2 Å². The van der Waals surface area contributed by atoms with Crippen LogP contribution >= 0.6 is 23.2 Å². The molecule has 1 unspecified atom stereocenters. The minimum absolute atomic E-state index is 0.155. The summed E-state index contributed by atoms with van der Waals surface area (Å²) in [5, 5.41) is 1.23. The molecule has 0 aromatic heterocycles. The molecule has 1 aliphatic heterocycles. The Hall–Kier alpha value is -1.22. The molecule has 1 heterocycles. The van der Waals surface area contributed by atoms with Gasteiger partial charge in [0, 0.05) is 24.8 Å². The van der Waals surface area contributed by atoms with Crippen LogP contribution in [0.3, 0.4) is 0 Å². The summed E-state index contributed by atoms with van der Waals surface area (Å²) in [5.41, 5.74) is 9.73. The lowest BCUT2D eigenvalue weighted by molar-refractivity contribution is 0.599. The molecule has 3 rings (SSSR count). The van der Waals surface area contributed by atoms with Crippen LogP contribution in [0.2, 0.25) is 10.0 Å². The number of rotatable bonds is 2. The number of halogens is 2. The van der Waals surface area contributed by atoms with E-state index in [1.807, 2.05) is 18.2 Å². The molecule has 2 aromatic rings. The van der Waals surface area contributed by atoms with Crippen molar-refractivity contribution in [1.29, 1.82) is 0 Å². The normalized spacial score (nSPS) is 17.9. The molecule has 0 radical (unpaired) electrons. The molecule has 0 spiro atoms. The fourth-order valence-corrected chi connectivity index (χ4v) is 3.13. The first-order valence-corrected chi connectivity index (χ1v) is 7.42. The van der Waals surface area contributed by atoms with Gasteiger partial charge in [-0.1, -0.05) is 53.5 Å². The van der Waals surface area contributed by atoms with Gasteiger partial charge in [-0.05, 0) is 29.7 Å². The lowest BCUT2D eigenvalue weighted by Gasteiger charge is -2.35. The highest BCUT2D eigenvalue weighted by Gasteiger charge is 2.22. The monoisotopic (exact) mass is 306 g/mol. The van der Waals surface area contributed by atoms with E-state index in [-0.39, 0.29) is 6.04 Å². The van der Waals surface area contributed by atoms with Gasteiger partial charge in [0.2, 0.25) is 0 Å². The number of anilines is 1. The molecule has 0 fully saturated rings. The average Bonchev–Trinajstić information content (AvgIpc) is 2.43. The molecular weight excluding hydrogens is 291 g/mol. The van der Waals surface area contributed by atoms with Crippen LogP contribution in [-0.4, -0.2) is 12.6 Å². The number of nitrogens with zero attached hydrogens (tertiary/aromatic N) is 1. The third-order valence-electron chi connectivity index (χ3n) is 3.66. The van der Waals surface area contributed by atoms with Gasteiger partial charge in [0.05, 0.1) is 10.0 Å². The molecule has 1 aliphatic rings. The summed E-state index contributed by atoms with van der Waals surface area (Å²) in [4.78, 5) is 2.28. The molecule has 20 heavy (non-hydrogen) atoms. The summed E-state index contributed by atoms with van der Waals surface area (Å²) in [6.45, 7) is 1.56. The van der Waals surface area contributed by atoms with Crippen LogP contribution in [0.15, 0.2) is 42.5 Å². The summed E-state index contributed by atoms with van der Waals surface area (Å²) in [6, 6.07) is 14.3. The van der Waals surface area contributed by atoms with Crippen LogP contribution in [0.1, 0.15) is 11.1 Å². The van der Waals surface area contributed by atoms with E-state index in [1.165, 1.54) is 11.3 Å². The standard InChI is InChI=1S/C16H16Cl2N2/c17-14-6-3-5-12(16(14)18)9-20-10-13(19)8-11-4-1-2-7-15(11)20/h1-7,13H,8-10,19H2. The van der Waals surface area contributed by atoms with Crippen LogP contribution < -0.4 is 10.6 Å². The highest BCUT2D eigenvalue weighted by molar-refractivity contribution is 6.42. The van der Waals surface area contributed by atoms with Crippen molar-refractivity contribution in [3.05, 3.63) is 63.6 Å². The Bertz CT molecular complexity index is 628. The van der Waals surface area contributed by atoms with E-state index in [0.717, 1.165) is 25.1 Å². The van der Waals surface area contributed by atoms with Crippen molar-refractivity contribution in [2.45, 2.75) is 19.0 Å². The summed E-state index contributed by atoms with van der Waals surface area (Å²) < 4.78 is 0. The van der Waals surface area contributed by atoms with Crippen molar-refractivity contribution in [3.8, 4) is 0 Å². The Labute approximate surface area is 129 Å². The first-order valence-electron chi connectivity index (χ1n) is 6.66. The lowest BCUT2D eigenvalue weighted by atomic mass is 9.98. The molecule has 1 atom stereocenters. The molecule has 2 nitrogen and oxygen atoms in total. The third-order valence-corrected chi connectivity index (χ3v) is 4.52. The van der Waals surface area contributed by atoms with Crippen molar-refractivity contribution in [2.24, 2.45) is 5.73 Å². The van der Waals surface area contributed by atoms with E-state index in [4.69, 9.17) is 28.9 Å². The van der Waals surface area contributed by atoms with Crippen molar-refractivity contribution in [3.63, 3.8) is 0 Å². The number of nitrogens with two attached hydrogens (primary N) is 1. The molecule has 2 N–H and O–H groups in total. The maximum Gasteiger partial charge on any atom is 0.0642 e. The number of benzene rings is 2. The van der Waals surface area contributed by atoms with E-state index < -0.39 is 0 Å². The maximum absolute atomic E-state index is 6.29. The Kier molecular flexibility index (Phi) is 3.88. The molecule has 0 saturated heterocycles. The van der Waals surface area contributed by atoms with E-state index in [0.29, 0.717) is 10.0 Å². The number of fused-ring (bicyclic) bond motifs is 1. The highest BCUT2D eigenvalue weighted by atomic mass is 35.5. The van der Waals surface area contributed by atoms with Crippen LogP contribution in [0, 0.1) is 0 Å². The van der Waals surface area contributed by atoms with Gasteiger partial charge in [0.1, 0.15) is 0 Å². The Balaban J connectivity index is 1.93. The Morgan fingerprint density at radius 1 is 1.10 bits per heavy atom. The zero-order valence-electron chi connectivity index (χ0n) is 11.0. The molecular formula is C16H16Cl2N2. The van der Waals surface area contributed by atoms with E-state index in [9.17, 15) is 0 Å². The molecule has 0 amide bonds. The van der Waals surface area contributed by atoms with Gasteiger partial charge < -0.3 is 10.6 Å². The fourth-order valence-electron chi connectivity index (χ4n) is 2.75.